The van der Waals surface area contributed by atoms with Crippen LogP contribution in [0.15, 0.2) is 36.4 Å². The van der Waals surface area contributed by atoms with Crippen molar-refractivity contribution in [3.05, 3.63) is 58.5 Å². The molecule has 1 aliphatic heterocycles. The van der Waals surface area contributed by atoms with Crippen LogP contribution in [-0.4, -0.2) is 47.5 Å². The lowest BCUT2D eigenvalue weighted by molar-refractivity contribution is 0.0958. The molecule has 0 unspecified atom stereocenters. The Balaban J connectivity index is 1.76. The summed E-state index contributed by atoms with van der Waals surface area (Å²) in [5.41, 5.74) is 0.963. The van der Waals surface area contributed by atoms with E-state index in [-0.39, 0.29) is 40.6 Å². The Bertz CT molecular complexity index is 939. The molecular weight excluding hydrogens is 409 g/mol. The first-order chi connectivity index (χ1) is 14.3. The Morgan fingerprint density at radius 2 is 2.03 bits per heavy atom. The summed E-state index contributed by atoms with van der Waals surface area (Å²) in [6.45, 7) is 4.90. The van der Waals surface area contributed by atoms with Gasteiger partial charge < -0.3 is 10.6 Å². The average molecular weight is 434 g/mol. The molecule has 1 fully saturated rings. The molecule has 30 heavy (non-hydrogen) atoms. The monoisotopic (exact) mass is 433 g/mol. The molecule has 9 heteroatoms. The predicted molar refractivity (Wildman–Crippen MR) is 114 cm³/mol. The fraction of sp³-hybridized carbons (Fsp3) is 0.381. The van der Waals surface area contributed by atoms with Gasteiger partial charge in [0.1, 0.15) is 17.3 Å². The zero-order chi connectivity index (χ0) is 21.8. The van der Waals surface area contributed by atoms with E-state index < -0.39 is 11.8 Å². The van der Waals surface area contributed by atoms with E-state index in [9.17, 15) is 14.0 Å². The number of nitrogens with one attached hydrogen (secondary N) is 3. The van der Waals surface area contributed by atoms with Crippen LogP contribution in [0.3, 0.4) is 0 Å². The Hall–Kier alpha value is -2.71. The normalized spacial score (nSPS) is 19.0. The Labute approximate surface area is 180 Å². The van der Waals surface area contributed by atoms with E-state index in [0.29, 0.717) is 6.42 Å². The molecule has 160 valence electrons. The van der Waals surface area contributed by atoms with Gasteiger partial charge in [0, 0.05) is 19.6 Å². The summed E-state index contributed by atoms with van der Waals surface area (Å²) in [6.07, 6.45) is 0.715. The molecule has 1 aromatic carbocycles. The molecule has 1 aromatic heterocycles. The molecule has 2 heterocycles. The van der Waals surface area contributed by atoms with Crippen molar-refractivity contribution in [2.45, 2.75) is 38.4 Å². The van der Waals surface area contributed by atoms with Crippen LogP contribution in [0.2, 0.25) is 5.02 Å². The summed E-state index contributed by atoms with van der Waals surface area (Å²) < 4.78 is 14.1. The number of anilines is 1. The van der Waals surface area contributed by atoms with Crippen LogP contribution in [0.4, 0.5) is 15.0 Å². The van der Waals surface area contributed by atoms with Crippen molar-refractivity contribution in [1.29, 1.82) is 0 Å². The minimum atomic E-state index is -0.483. The van der Waals surface area contributed by atoms with Gasteiger partial charge >= 0.3 is 6.03 Å². The fourth-order valence-corrected chi connectivity index (χ4v) is 3.86. The van der Waals surface area contributed by atoms with Crippen LogP contribution in [0, 0.1) is 5.82 Å². The van der Waals surface area contributed by atoms with E-state index in [1.165, 1.54) is 19.2 Å². The highest BCUT2D eigenvalue weighted by molar-refractivity contribution is 6.30. The van der Waals surface area contributed by atoms with Gasteiger partial charge in [-0.15, -0.1) is 0 Å². The van der Waals surface area contributed by atoms with Gasteiger partial charge in [0.25, 0.3) is 5.91 Å². The van der Waals surface area contributed by atoms with Gasteiger partial charge in [-0.05, 0) is 50.1 Å². The van der Waals surface area contributed by atoms with Crippen LogP contribution >= 0.6 is 11.6 Å². The highest BCUT2D eigenvalue weighted by atomic mass is 35.5. The number of hydrogen-bond donors (Lipinski definition) is 3. The molecule has 3 rings (SSSR count). The minimum Gasteiger partial charge on any atom is -0.354 e. The quantitative estimate of drug-likeness (QED) is 0.672. The van der Waals surface area contributed by atoms with Gasteiger partial charge in [-0.1, -0.05) is 23.7 Å². The summed E-state index contributed by atoms with van der Waals surface area (Å²) in [5.74, 6) is -0.558. The molecule has 3 N–H and O–H groups in total. The number of carbonyl (C=O) groups is 2. The number of amides is 3. The van der Waals surface area contributed by atoms with Gasteiger partial charge in [0.2, 0.25) is 0 Å². The Morgan fingerprint density at radius 3 is 2.70 bits per heavy atom. The summed E-state index contributed by atoms with van der Waals surface area (Å²) in [5, 5.41) is 8.20. The molecule has 7 nitrogen and oxygen atoms in total. The molecule has 3 amide bonds. The molecule has 2 aromatic rings. The van der Waals surface area contributed by atoms with Crippen LogP contribution in [0.25, 0.3) is 0 Å². The van der Waals surface area contributed by atoms with Crippen molar-refractivity contribution in [2.24, 2.45) is 0 Å². The number of rotatable bonds is 5. The molecule has 0 radical (unpaired) electrons. The Morgan fingerprint density at radius 1 is 1.27 bits per heavy atom. The molecule has 0 bridgehead atoms. The molecular formula is C21H25ClFN5O2. The SMILES string of the molecule is CNC(=O)c1cccc(NC(=O)N[C@H]2CCN(C(C)C)[C@H]2c2ccc(Cl)c(F)c2)n1. The predicted octanol–water partition coefficient (Wildman–Crippen LogP) is 3.58. The van der Waals surface area contributed by atoms with Crippen LogP contribution in [-0.2, 0) is 0 Å². The van der Waals surface area contributed by atoms with E-state index in [1.807, 2.05) is 0 Å². The smallest absolute Gasteiger partial charge is 0.320 e. The maximum atomic E-state index is 14.1. The lowest BCUT2D eigenvalue weighted by Crippen LogP contribution is -2.43. The fourth-order valence-electron chi connectivity index (χ4n) is 3.75. The Kier molecular flexibility index (Phi) is 6.89. The van der Waals surface area contributed by atoms with Crippen LogP contribution < -0.4 is 16.0 Å². The highest BCUT2D eigenvalue weighted by Crippen LogP contribution is 2.35. The highest BCUT2D eigenvalue weighted by Gasteiger charge is 2.37. The van der Waals surface area contributed by atoms with Crippen molar-refractivity contribution < 1.29 is 14.0 Å². The number of carbonyl (C=O) groups excluding carboxylic acids is 2. The standard InChI is InChI=1S/C21H25ClFN5O2/c1-12(2)28-10-9-16(19(28)13-7-8-14(22)15(23)11-13)26-21(30)27-18-6-4-5-17(25-18)20(29)24-3/h4-8,11-12,16,19H,9-10H2,1-3H3,(H,24,29)(H2,25,26,27,30)/t16-,19-/m0/s1. The van der Waals surface area contributed by atoms with E-state index in [4.69, 9.17) is 11.6 Å². The second-order valence-electron chi connectivity index (χ2n) is 7.43. The molecule has 0 spiro atoms. The van der Waals surface area contributed by atoms with Crippen molar-refractivity contribution in [3.8, 4) is 0 Å². The van der Waals surface area contributed by atoms with E-state index in [0.717, 1.165) is 12.1 Å². The number of benzene rings is 1. The third-order valence-corrected chi connectivity index (χ3v) is 5.46. The molecule has 0 aliphatic carbocycles. The number of likely N-dealkylation sites (tertiary alicyclic amines) is 1. The summed E-state index contributed by atoms with van der Waals surface area (Å²) in [7, 11) is 1.51. The molecule has 1 aliphatic rings. The zero-order valence-corrected chi connectivity index (χ0v) is 17.8. The van der Waals surface area contributed by atoms with Crippen molar-refractivity contribution in [3.63, 3.8) is 0 Å². The van der Waals surface area contributed by atoms with Gasteiger partial charge in [-0.2, -0.15) is 0 Å². The maximum absolute atomic E-state index is 14.1. The first-order valence-corrected chi connectivity index (χ1v) is 10.1. The second-order valence-corrected chi connectivity index (χ2v) is 7.84. The number of halogens is 2. The average Bonchev–Trinajstić information content (AvgIpc) is 3.13. The lowest BCUT2D eigenvalue weighted by Gasteiger charge is -2.32. The topological polar surface area (TPSA) is 86.4 Å². The number of urea groups is 1. The van der Waals surface area contributed by atoms with E-state index >= 15 is 0 Å². The number of aromatic nitrogens is 1. The third-order valence-electron chi connectivity index (χ3n) is 5.15. The molecule has 0 saturated carbocycles. The van der Waals surface area contributed by atoms with Gasteiger partial charge in [-0.3, -0.25) is 15.0 Å². The number of nitrogens with zero attached hydrogens (tertiary/aromatic N) is 2. The maximum Gasteiger partial charge on any atom is 0.320 e. The van der Waals surface area contributed by atoms with E-state index in [1.54, 1.807) is 24.3 Å². The van der Waals surface area contributed by atoms with Crippen LogP contribution in [0.5, 0.6) is 0 Å². The van der Waals surface area contributed by atoms with Gasteiger partial charge in [0.05, 0.1) is 17.1 Å². The second kappa shape index (κ2) is 9.40. The van der Waals surface area contributed by atoms with Crippen molar-refractivity contribution in [1.82, 2.24) is 20.5 Å². The number of hydrogen-bond acceptors (Lipinski definition) is 4. The van der Waals surface area contributed by atoms with Gasteiger partial charge in [0.15, 0.2) is 0 Å². The summed E-state index contributed by atoms with van der Waals surface area (Å²) >= 11 is 5.84. The van der Waals surface area contributed by atoms with Crippen LogP contribution in [0.1, 0.15) is 42.4 Å². The molecule has 1 saturated heterocycles. The van der Waals surface area contributed by atoms with Crippen molar-refractivity contribution in [2.75, 3.05) is 18.9 Å². The minimum absolute atomic E-state index is 0.0668. The van der Waals surface area contributed by atoms with Crippen molar-refractivity contribution >= 4 is 29.4 Å². The van der Waals surface area contributed by atoms with Gasteiger partial charge in [-0.25, -0.2) is 14.2 Å². The summed E-state index contributed by atoms with van der Waals surface area (Å²) in [4.78, 5) is 30.7. The lowest BCUT2D eigenvalue weighted by atomic mass is 9.99. The summed E-state index contributed by atoms with van der Waals surface area (Å²) in [6, 6.07) is 8.92. The first kappa shape index (κ1) is 22.0. The van der Waals surface area contributed by atoms with E-state index in [2.05, 4.69) is 39.7 Å². The third kappa shape index (κ3) is 4.88. The number of pyridine rings is 1. The largest absolute Gasteiger partial charge is 0.354 e. The molecule has 2 atom stereocenters. The zero-order valence-electron chi connectivity index (χ0n) is 17.1. The first-order valence-electron chi connectivity index (χ1n) is 9.77.